The number of allylic oxidation sites excluding steroid dienone is 1. The summed E-state index contributed by atoms with van der Waals surface area (Å²) in [6.45, 7) is 6.71. The molecular formula is C27H36N4O7. The number of carbonyl (C=O) groups is 2. The van der Waals surface area contributed by atoms with Crippen LogP contribution in [0, 0.1) is 11.3 Å². The van der Waals surface area contributed by atoms with Gasteiger partial charge in [-0.15, -0.1) is 0 Å². The molecule has 0 bridgehead atoms. The van der Waals surface area contributed by atoms with Crippen LogP contribution < -0.4 is 35.7 Å². The molecule has 0 aliphatic carbocycles. The summed E-state index contributed by atoms with van der Waals surface area (Å²) in [5.41, 5.74) is 12.7. The second kappa shape index (κ2) is 14.2. The highest BCUT2D eigenvalue weighted by molar-refractivity contribution is 5.91. The van der Waals surface area contributed by atoms with Gasteiger partial charge in [-0.2, -0.15) is 5.26 Å². The Morgan fingerprint density at radius 3 is 1.92 bits per heavy atom. The van der Waals surface area contributed by atoms with Crippen LogP contribution in [0.15, 0.2) is 30.3 Å². The number of benzene rings is 2. The van der Waals surface area contributed by atoms with E-state index in [4.69, 9.17) is 35.2 Å². The van der Waals surface area contributed by atoms with E-state index in [2.05, 4.69) is 11.4 Å². The van der Waals surface area contributed by atoms with Crippen molar-refractivity contribution >= 4 is 29.3 Å². The molecule has 11 nitrogen and oxygen atoms in total. The number of rotatable bonds is 8. The molecule has 0 spiro atoms. The monoisotopic (exact) mass is 528 g/mol. The van der Waals surface area contributed by atoms with Crippen LogP contribution in [0.3, 0.4) is 0 Å². The Labute approximate surface area is 223 Å². The first-order valence-electron chi connectivity index (χ1n) is 11.4. The molecule has 11 heteroatoms. The molecule has 0 saturated carbocycles. The van der Waals surface area contributed by atoms with Crippen LogP contribution >= 0.6 is 0 Å². The molecule has 0 aromatic heterocycles. The number of nitriles is 1. The second-order valence-corrected chi connectivity index (χ2v) is 8.86. The normalized spacial score (nSPS) is 11.6. The SMILES string of the molecule is COc1ccc(C=C(C#N)c2cc(OC)c(OC)c(OC)c2)cc1N.C[C@H](NC(=O)OC(C)(C)C)C(N)=O. The third-order valence-electron chi connectivity index (χ3n) is 4.82. The fourth-order valence-electron chi connectivity index (χ4n) is 2.98. The molecule has 5 N–H and O–H groups in total. The van der Waals surface area contributed by atoms with Crippen LogP contribution in [0.5, 0.6) is 23.0 Å². The van der Waals surface area contributed by atoms with Crippen molar-refractivity contribution < 1.29 is 33.3 Å². The summed E-state index contributed by atoms with van der Waals surface area (Å²) >= 11 is 0. The van der Waals surface area contributed by atoms with Crippen LogP contribution in [0.4, 0.5) is 10.5 Å². The summed E-state index contributed by atoms with van der Waals surface area (Å²) in [5.74, 6) is 1.42. The fourth-order valence-corrected chi connectivity index (χ4v) is 2.98. The molecule has 2 aromatic rings. The highest BCUT2D eigenvalue weighted by atomic mass is 16.6. The maximum Gasteiger partial charge on any atom is 0.408 e. The first-order valence-corrected chi connectivity index (χ1v) is 11.4. The zero-order chi connectivity index (χ0) is 29.0. The lowest BCUT2D eigenvalue weighted by Crippen LogP contribution is -2.44. The maximum absolute atomic E-state index is 11.0. The van der Waals surface area contributed by atoms with Gasteiger partial charge in [0.05, 0.1) is 45.8 Å². The summed E-state index contributed by atoms with van der Waals surface area (Å²) < 4.78 is 26.0. The maximum atomic E-state index is 11.0. The molecule has 0 unspecified atom stereocenters. The predicted octanol–water partition coefficient (Wildman–Crippen LogP) is 3.75. The third-order valence-corrected chi connectivity index (χ3v) is 4.82. The summed E-state index contributed by atoms with van der Waals surface area (Å²) in [4.78, 5) is 21.6. The molecule has 0 radical (unpaired) electrons. The number of nitrogen functional groups attached to an aromatic ring is 1. The number of anilines is 1. The van der Waals surface area contributed by atoms with Gasteiger partial charge in [0.1, 0.15) is 17.4 Å². The Morgan fingerprint density at radius 1 is 0.974 bits per heavy atom. The standard InChI is InChI=1S/C19H20N2O4.C8H16N2O3/c1-22-16-6-5-12(8-15(16)21)7-14(11-20)13-9-17(23-2)19(25-4)18(10-13)24-3;1-5(6(9)11)10-7(12)13-8(2,3)4/h5-10H,21H2,1-4H3;5H,1-4H3,(H2,9,11)(H,10,12)/t;5-/m.0/s1. The molecule has 0 heterocycles. The number of hydrogen-bond acceptors (Lipinski definition) is 9. The molecule has 206 valence electrons. The largest absolute Gasteiger partial charge is 0.495 e. The lowest BCUT2D eigenvalue weighted by molar-refractivity contribution is -0.119. The minimum atomic E-state index is -0.713. The number of nitrogens with two attached hydrogens (primary N) is 2. The van der Waals surface area contributed by atoms with Gasteiger partial charge in [-0.3, -0.25) is 4.79 Å². The topological polar surface area (TPSA) is 168 Å². The van der Waals surface area contributed by atoms with Gasteiger partial charge < -0.3 is 40.5 Å². The molecule has 2 amide bonds. The average molecular weight is 529 g/mol. The second-order valence-electron chi connectivity index (χ2n) is 8.86. The van der Waals surface area contributed by atoms with Gasteiger partial charge in [-0.05, 0) is 69.2 Å². The number of ether oxygens (including phenoxy) is 5. The predicted molar refractivity (Wildman–Crippen MR) is 145 cm³/mol. The summed E-state index contributed by atoms with van der Waals surface area (Å²) in [7, 11) is 6.14. The number of carbonyl (C=O) groups excluding carboxylic acids is 2. The quantitative estimate of drug-likeness (QED) is 0.262. The van der Waals surface area contributed by atoms with E-state index in [1.807, 2.05) is 6.07 Å². The minimum absolute atomic E-state index is 0.434. The van der Waals surface area contributed by atoms with Gasteiger partial charge in [0.2, 0.25) is 11.7 Å². The van der Waals surface area contributed by atoms with Crippen molar-refractivity contribution in [3.63, 3.8) is 0 Å². The Morgan fingerprint density at radius 2 is 1.53 bits per heavy atom. The number of methoxy groups -OCH3 is 4. The van der Waals surface area contributed by atoms with Gasteiger partial charge in [0.15, 0.2) is 11.5 Å². The van der Waals surface area contributed by atoms with Crippen molar-refractivity contribution in [1.82, 2.24) is 5.32 Å². The number of primary amides is 1. The molecule has 0 aliphatic rings. The van der Waals surface area contributed by atoms with Crippen LogP contribution in [-0.4, -0.2) is 52.1 Å². The Bertz CT molecular complexity index is 1170. The van der Waals surface area contributed by atoms with Crippen molar-refractivity contribution in [2.75, 3.05) is 34.2 Å². The Balaban J connectivity index is 0.000000471. The summed E-state index contributed by atoms with van der Waals surface area (Å²) in [5, 5.41) is 11.9. The van der Waals surface area contributed by atoms with E-state index in [1.54, 1.807) is 58.2 Å². The fraction of sp³-hybridized carbons (Fsp3) is 0.370. The van der Waals surface area contributed by atoms with Gasteiger partial charge in [-0.25, -0.2) is 4.79 Å². The third kappa shape index (κ3) is 9.46. The first-order chi connectivity index (χ1) is 17.8. The Hall–Kier alpha value is -4.59. The lowest BCUT2D eigenvalue weighted by Gasteiger charge is -2.20. The lowest BCUT2D eigenvalue weighted by atomic mass is 10.0. The van der Waals surface area contributed by atoms with E-state index < -0.39 is 23.6 Å². The van der Waals surface area contributed by atoms with Crippen LogP contribution in [-0.2, 0) is 9.53 Å². The molecule has 0 saturated heterocycles. The van der Waals surface area contributed by atoms with Crippen molar-refractivity contribution in [2.24, 2.45) is 5.73 Å². The number of nitrogens with zero attached hydrogens (tertiary/aromatic N) is 1. The van der Waals surface area contributed by atoms with Crippen LogP contribution in [0.25, 0.3) is 11.6 Å². The van der Waals surface area contributed by atoms with Gasteiger partial charge in [0, 0.05) is 0 Å². The highest BCUT2D eigenvalue weighted by Crippen LogP contribution is 2.40. The summed E-state index contributed by atoms with van der Waals surface area (Å²) in [6, 6.07) is 10.3. The van der Waals surface area contributed by atoms with E-state index in [9.17, 15) is 14.9 Å². The smallest absolute Gasteiger partial charge is 0.408 e. The van der Waals surface area contributed by atoms with Crippen molar-refractivity contribution in [2.45, 2.75) is 39.3 Å². The molecule has 1 atom stereocenters. The first kappa shape index (κ1) is 31.4. The number of nitrogens with one attached hydrogen (secondary N) is 1. The number of amides is 2. The molecule has 0 aliphatic heterocycles. The Kier molecular flexibility index (Phi) is 11.8. The molecular weight excluding hydrogens is 492 g/mol. The zero-order valence-corrected chi connectivity index (χ0v) is 23.0. The van der Waals surface area contributed by atoms with E-state index in [-0.39, 0.29) is 0 Å². The van der Waals surface area contributed by atoms with E-state index in [0.29, 0.717) is 39.8 Å². The minimum Gasteiger partial charge on any atom is -0.495 e. The van der Waals surface area contributed by atoms with E-state index >= 15 is 0 Å². The molecule has 38 heavy (non-hydrogen) atoms. The zero-order valence-electron chi connectivity index (χ0n) is 23.0. The number of hydrogen-bond donors (Lipinski definition) is 3. The van der Waals surface area contributed by atoms with Crippen LogP contribution in [0.2, 0.25) is 0 Å². The van der Waals surface area contributed by atoms with Crippen molar-refractivity contribution in [3.05, 3.63) is 41.5 Å². The number of alkyl carbamates (subject to hydrolysis) is 1. The molecule has 2 aromatic carbocycles. The van der Waals surface area contributed by atoms with Crippen molar-refractivity contribution in [3.8, 4) is 29.1 Å². The molecule has 0 fully saturated rings. The van der Waals surface area contributed by atoms with Gasteiger partial charge >= 0.3 is 6.09 Å². The average Bonchev–Trinajstić information content (AvgIpc) is 2.85. The molecule has 2 rings (SSSR count). The van der Waals surface area contributed by atoms with E-state index in [1.165, 1.54) is 28.3 Å². The van der Waals surface area contributed by atoms with Gasteiger partial charge in [-0.1, -0.05) is 6.07 Å². The summed E-state index contributed by atoms with van der Waals surface area (Å²) in [6.07, 6.45) is 1.09. The van der Waals surface area contributed by atoms with E-state index in [0.717, 1.165) is 5.56 Å². The van der Waals surface area contributed by atoms with Crippen LogP contribution in [0.1, 0.15) is 38.8 Å². The van der Waals surface area contributed by atoms with Crippen molar-refractivity contribution in [1.29, 1.82) is 5.26 Å². The highest BCUT2D eigenvalue weighted by Gasteiger charge is 2.19. The van der Waals surface area contributed by atoms with Gasteiger partial charge in [0.25, 0.3) is 0 Å².